The second kappa shape index (κ2) is 22.9. The zero-order chi connectivity index (χ0) is 43.6. The lowest BCUT2D eigenvalue weighted by molar-refractivity contribution is -0.169. The van der Waals surface area contributed by atoms with E-state index in [0.717, 1.165) is 4.90 Å². The van der Waals surface area contributed by atoms with Crippen LogP contribution in [0.15, 0.2) is 121 Å². The molecule has 3 N–H and O–H groups in total. The molecule has 14 nitrogen and oxygen atoms in total. The summed E-state index contributed by atoms with van der Waals surface area (Å²) in [4.78, 5) is 64.6. The first-order chi connectivity index (χ1) is 28.7. The zero-order valence-electron chi connectivity index (χ0n) is 34.8. The number of hydrogen-bond acceptors (Lipinski definition) is 10. The number of amides is 4. The van der Waals surface area contributed by atoms with Crippen LogP contribution in [0.1, 0.15) is 69.7 Å². The van der Waals surface area contributed by atoms with Gasteiger partial charge in [-0.1, -0.05) is 126 Å². The molecule has 1 atom stereocenters. The standard InChI is InChI=1S/C45H56N4O10S/c1-6-56-42(57-7-2)31-49(41(52)28-29-58-44(3,4)5)43(53)38(46-40(51)32-59-48-60(54,55)33-34-20-12-8-13-21-34)30-39(50)47-45(35-22-14-9-15-23-35,36-24-16-10-17-25-36)37-26-18-11-19-27-37/h8-27,38,42,48H,6-7,28-33H2,1-5H3,(H,46,51)(H,47,50). The van der Waals surface area contributed by atoms with Crippen LogP contribution in [0.5, 0.6) is 0 Å². The highest BCUT2D eigenvalue weighted by molar-refractivity contribution is 7.88. The molecular weight excluding hydrogens is 789 g/mol. The molecule has 0 saturated heterocycles. The van der Waals surface area contributed by atoms with Gasteiger partial charge in [0.2, 0.25) is 27.7 Å². The van der Waals surface area contributed by atoms with Gasteiger partial charge in [0.05, 0.1) is 37.3 Å². The van der Waals surface area contributed by atoms with Crippen LogP contribution in [0.3, 0.4) is 0 Å². The van der Waals surface area contributed by atoms with Gasteiger partial charge in [0, 0.05) is 13.2 Å². The fourth-order valence-electron chi connectivity index (χ4n) is 6.43. The van der Waals surface area contributed by atoms with E-state index < -0.39 is 75.9 Å². The van der Waals surface area contributed by atoms with Gasteiger partial charge in [0.25, 0.3) is 5.91 Å². The lowest BCUT2D eigenvalue weighted by atomic mass is 9.77. The number of benzene rings is 4. The minimum Gasteiger partial charge on any atom is -0.375 e. The number of carbonyl (C=O) groups is 4. The smallest absolute Gasteiger partial charge is 0.252 e. The van der Waals surface area contributed by atoms with Gasteiger partial charge in [0.15, 0.2) is 6.29 Å². The third-order valence-electron chi connectivity index (χ3n) is 9.01. The summed E-state index contributed by atoms with van der Waals surface area (Å²) in [5.74, 6) is -3.62. The lowest BCUT2D eigenvalue weighted by Gasteiger charge is -2.37. The number of sulfonamides is 1. The Labute approximate surface area is 352 Å². The number of rotatable bonds is 23. The van der Waals surface area contributed by atoms with Gasteiger partial charge in [-0.3, -0.25) is 28.9 Å². The molecule has 0 aliphatic heterocycles. The number of hydrogen-bond donors (Lipinski definition) is 3. The first-order valence-electron chi connectivity index (χ1n) is 19.8. The van der Waals surface area contributed by atoms with Gasteiger partial charge in [-0.2, -0.15) is 0 Å². The number of ether oxygens (including phenoxy) is 3. The Balaban J connectivity index is 1.70. The van der Waals surface area contributed by atoms with E-state index in [2.05, 4.69) is 10.6 Å². The number of carbonyl (C=O) groups excluding carboxylic acids is 4. The maximum atomic E-state index is 14.7. The molecule has 0 aliphatic rings. The Kier molecular flexibility index (Phi) is 18.1. The molecule has 60 heavy (non-hydrogen) atoms. The van der Waals surface area contributed by atoms with Crippen LogP contribution in [0.2, 0.25) is 0 Å². The highest BCUT2D eigenvalue weighted by Gasteiger charge is 2.40. The largest absolute Gasteiger partial charge is 0.375 e. The van der Waals surface area contributed by atoms with Crippen LogP contribution in [0.25, 0.3) is 0 Å². The Morgan fingerprint density at radius 3 is 1.65 bits per heavy atom. The fraction of sp³-hybridized carbons (Fsp3) is 0.378. The van der Waals surface area contributed by atoms with Crippen LogP contribution in [-0.4, -0.2) is 87.9 Å². The normalized spacial score (nSPS) is 12.4. The van der Waals surface area contributed by atoms with Crippen molar-refractivity contribution in [1.82, 2.24) is 20.4 Å². The van der Waals surface area contributed by atoms with Crippen molar-refractivity contribution < 1.29 is 46.6 Å². The van der Waals surface area contributed by atoms with Crippen molar-refractivity contribution in [3.05, 3.63) is 144 Å². The van der Waals surface area contributed by atoms with E-state index in [-0.39, 0.29) is 32.8 Å². The van der Waals surface area contributed by atoms with Crippen molar-refractivity contribution >= 4 is 33.7 Å². The van der Waals surface area contributed by atoms with E-state index in [1.165, 1.54) is 0 Å². The Bertz CT molecular complexity index is 1960. The summed E-state index contributed by atoms with van der Waals surface area (Å²) in [7, 11) is -4.04. The second-order valence-corrected chi connectivity index (χ2v) is 16.4. The molecular formula is C45H56N4O10S. The molecule has 4 aromatic rings. The van der Waals surface area contributed by atoms with Crippen molar-refractivity contribution in [2.24, 2.45) is 0 Å². The average molecular weight is 845 g/mol. The molecule has 0 radical (unpaired) electrons. The minimum absolute atomic E-state index is 0.0255. The van der Waals surface area contributed by atoms with Gasteiger partial charge < -0.3 is 24.8 Å². The maximum absolute atomic E-state index is 14.7. The van der Waals surface area contributed by atoms with Gasteiger partial charge >= 0.3 is 0 Å². The molecule has 4 amide bonds. The van der Waals surface area contributed by atoms with Crippen LogP contribution < -0.4 is 15.5 Å². The van der Waals surface area contributed by atoms with E-state index in [9.17, 15) is 27.6 Å². The molecule has 0 spiro atoms. The summed E-state index contributed by atoms with van der Waals surface area (Å²) in [5, 5.41) is 5.71. The Morgan fingerprint density at radius 2 is 1.18 bits per heavy atom. The van der Waals surface area contributed by atoms with Gasteiger partial charge in [-0.05, 0) is 56.9 Å². The number of nitrogens with one attached hydrogen (secondary N) is 3. The third kappa shape index (κ3) is 14.5. The minimum atomic E-state index is -4.04. The molecule has 0 aromatic heterocycles. The lowest BCUT2D eigenvalue weighted by Crippen LogP contribution is -2.56. The Morgan fingerprint density at radius 1 is 0.700 bits per heavy atom. The first-order valence-corrected chi connectivity index (χ1v) is 21.5. The van der Waals surface area contributed by atoms with Crippen LogP contribution >= 0.6 is 0 Å². The molecule has 0 heterocycles. The van der Waals surface area contributed by atoms with Crippen LogP contribution in [-0.2, 0) is 59.5 Å². The summed E-state index contributed by atoms with van der Waals surface area (Å²) in [6.07, 6.45) is -1.88. The van der Waals surface area contributed by atoms with E-state index in [1.807, 2.05) is 117 Å². The molecule has 0 saturated carbocycles. The van der Waals surface area contributed by atoms with Crippen LogP contribution in [0.4, 0.5) is 0 Å². The van der Waals surface area contributed by atoms with Gasteiger partial charge in [-0.25, -0.2) is 8.42 Å². The second-order valence-electron chi connectivity index (χ2n) is 14.7. The predicted molar refractivity (Wildman–Crippen MR) is 226 cm³/mol. The summed E-state index contributed by atoms with van der Waals surface area (Å²) < 4.78 is 42.6. The Hall–Kier alpha value is -5.29. The molecule has 4 aromatic carbocycles. The summed E-state index contributed by atoms with van der Waals surface area (Å²) in [6, 6.07) is 34.7. The van der Waals surface area contributed by atoms with E-state index in [4.69, 9.17) is 19.0 Å². The summed E-state index contributed by atoms with van der Waals surface area (Å²) in [5.41, 5.74) is 0.784. The highest BCUT2D eigenvalue weighted by Crippen LogP contribution is 2.37. The number of imide groups is 1. The quantitative estimate of drug-likeness (QED) is 0.0524. The molecule has 322 valence electrons. The van der Waals surface area contributed by atoms with Gasteiger partial charge in [0.1, 0.15) is 18.2 Å². The molecule has 0 fully saturated rings. The van der Waals surface area contributed by atoms with Crippen molar-refractivity contribution in [2.45, 2.75) is 76.7 Å². The van der Waals surface area contributed by atoms with E-state index in [1.54, 1.807) is 44.2 Å². The van der Waals surface area contributed by atoms with Crippen molar-refractivity contribution in [1.29, 1.82) is 0 Å². The summed E-state index contributed by atoms with van der Waals surface area (Å²) >= 11 is 0. The van der Waals surface area contributed by atoms with Crippen molar-refractivity contribution in [3.63, 3.8) is 0 Å². The topological polar surface area (TPSA) is 179 Å². The van der Waals surface area contributed by atoms with Gasteiger partial charge in [-0.15, -0.1) is 0 Å². The fourth-order valence-corrected chi connectivity index (χ4v) is 7.36. The van der Waals surface area contributed by atoms with Crippen molar-refractivity contribution in [3.8, 4) is 0 Å². The maximum Gasteiger partial charge on any atom is 0.252 e. The van der Waals surface area contributed by atoms with Crippen molar-refractivity contribution in [2.75, 3.05) is 33.0 Å². The van der Waals surface area contributed by atoms with E-state index in [0.29, 0.717) is 22.3 Å². The molecule has 4 rings (SSSR count). The predicted octanol–water partition coefficient (Wildman–Crippen LogP) is 4.98. The SMILES string of the molecule is CCOC(CN(C(=O)CCOC(C)(C)C)C(=O)C(CC(=O)NC(c1ccccc1)(c1ccccc1)c1ccccc1)NC(=O)CONS(=O)(=O)Cc1ccccc1)OCC. The first kappa shape index (κ1) is 47.4. The molecule has 0 aliphatic carbocycles. The summed E-state index contributed by atoms with van der Waals surface area (Å²) in [6.45, 7) is 8.11. The van der Waals surface area contributed by atoms with E-state index >= 15 is 0 Å². The third-order valence-corrected chi connectivity index (χ3v) is 10.1. The van der Waals surface area contributed by atoms with Crippen LogP contribution in [0, 0.1) is 0 Å². The number of nitrogens with zero attached hydrogens (tertiary/aromatic N) is 1. The zero-order valence-corrected chi connectivity index (χ0v) is 35.6. The highest BCUT2D eigenvalue weighted by atomic mass is 32.2. The molecule has 0 bridgehead atoms. The monoisotopic (exact) mass is 844 g/mol. The molecule has 1 unspecified atom stereocenters. The average Bonchev–Trinajstić information content (AvgIpc) is 3.22. The molecule has 15 heteroatoms.